The Morgan fingerprint density at radius 3 is 2.67 bits per heavy atom. The third kappa shape index (κ3) is 7.08. The minimum absolute atomic E-state index is 0.0466. The maximum Gasteiger partial charge on any atom is 0.341 e. The molecule has 2 amide bonds. The zero-order valence-electron chi connectivity index (χ0n) is 24.3. The van der Waals surface area contributed by atoms with Crippen LogP contribution in [0.3, 0.4) is 0 Å². The van der Waals surface area contributed by atoms with E-state index in [0.717, 1.165) is 47.4 Å². The average Bonchev–Trinajstić information content (AvgIpc) is 3.59. The molecule has 0 aliphatic heterocycles. The maximum absolute atomic E-state index is 13.2. The first-order valence-corrected chi connectivity index (χ1v) is 15.9. The molecule has 5 rings (SSSR count). The standard InChI is InChI=1S/C31H33N5O5S2/c1-4-41-30(39)27-23-13-5-6-14-24(23)43-29(27)33-26(37)18-42-31-35-34-25(36(31)21-11-7-9-19(2)15-21)17-32-28(38)20-10-8-12-22(16-20)40-3/h7-12,15-16H,4-6,13-14,17-18H2,1-3H3,(H,32,38)(H,33,37). The number of esters is 1. The van der Waals surface area contributed by atoms with Gasteiger partial charge in [-0.1, -0.05) is 30.0 Å². The topological polar surface area (TPSA) is 124 Å². The fourth-order valence-electron chi connectivity index (χ4n) is 4.93. The van der Waals surface area contributed by atoms with E-state index in [1.165, 1.54) is 23.1 Å². The number of nitrogens with zero attached hydrogens (tertiary/aromatic N) is 3. The van der Waals surface area contributed by atoms with Crippen LogP contribution in [0.2, 0.25) is 0 Å². The molecule has 0 saturated carbocycles. The fraction of sp³-hybridized carbons (Fsp3) is 0.323. The van der Waals surface area contributed by atoms with E-state index in [4.69, 9.17) is 9.47 Å². The quantitative estimate of drug-likeness (QED) is 0.170. The van der Waals surface area contributed by atoms with Crippen LogP contribution in [0.15, 0.2) is 53.7 Å². The molecule has 2 N–H and O–H groups in total. The van der Waals surface area contributed by atoms with Crippen molar-refractivity contribution in [2.45, 2.75) is 51.2 Å². The number of amides is 2. The third-order valence-electron chi connectivity index (χ3n) is 6.94. The number of hydrogen-bond acceptors (Lipinski definition) is 9. The van der Waals surface area contributed by atoms with Gasteiger partial charge in [-0.05, 0) is 81.0 Å². The summed E-state index contributed by atoms with van der Waals surface area (Å²) in [7, 11) is 1.55. The summed E-state index contributed by atoms with van der Waals surface area (Å²) in [6, 6.07) is 14.7. The second-order valence-corrected chi connectivity index (χ2v) is 12.0. The highest BCUT2D eigenvalue weighted by Crippen LogP contribution is 2.38. The van der Waals surface area contributed by atoms with E-state index in [1.54, 1.807) is 38.3 Å². The summed E-state index contributed by atoms with van der Waals surface area (Å²) in [4.78, 5) is 40.0. The van der Waals surface area contributed by atoms with Crippen molar-refractivity contribution >= 4 is 45.9 Å². The Bertz CT molecular complexity index is 1650. The molecule has 1 aliphatic rings. The van der Waals surface area contributed by atoms with E-state index >= 15 is 0 Å². The number of rotatable bonds is 11. The molecule has 0 saturated heterocycles. The van der Waals surface area contributed by atoms with E-state index < -0.39 is 5.97 Å². The zero-order chi connectivity index (χ0) is 30.3. The Hall–Kier alpha value is -4.16. The van der Waals surface area contributed by atoms with Gasteiger partial charge in [0.1, 0.15) is 10.8 Å². The van der Waals surface area contributed by atoms with Gasteiger partial charge in [0.05, 0.1) is 31.6 Å². The predicted molar refractivity (Wildman–Crippen MR) is 167 cm³/mol. The van der Waals surface area contributed by atoms with Crippen molar-refractivity contribution in [1.29, 1.82) is 0 Å². The van der Waals surface area contributed by atoms with Gasteiger partial charge in [-0.3, -0.25) is 14.2 Å². The van der Waals surface area contributed by atoms with E-state index in [2.05, 4.69) is 20.8 Å². The lowest BCUT2D eigenvalue weighted by Gasteiger charge is -2.13. The number of fused-ring (bicyclic) bond motifs is 1. The number of anilines is 1. The Morgan fingerprint density at radius 1 is 1.07 bits per heavy atom. The summed E-state index contributed by atoms with van der Waals surface area (Å²) in [5.41, 5.74) is 3.80. The highest BCUT2D eigenvalue weighted by molar-refractivity contribution is 7.99. The van der Waals surface area contributed by atoms with E-state index in [1.807, 2.05) is 35.8 Å². The molecular formula is C31H33N5O5S2. The van der Waals surface area contributed by atoms with Crippen molar-refractivity contribution in [3.63, 3.8) is 0 Å². The maximum atomic E-state index is 13.2. The SMILES string of the molecule is CCOC(=O)c1c(NC(=O)CSc2nnc(CNC(=O)c3cccc(OC)c3)n2-c2cccc(C)c2)sc2c1CCCC2. The van der Waals surface area contributed by atoms with Crippen molar-refractivity contribution in [1.82, 2.24) is 20.1 Å². The van der Waals surface area contributed by atoms with Crippen molar-refractivity contribution in [2.24, 2.45) is 0 Å². The molecule has 224 valence electrons. The lowest BCUT2D eigenvalue weighted by molar-refractivity contribution is -0.113. The van der Waals surface area contributed by atoms with Crippen LogP contribution in [0.5, 0.6) is 5.75 Å². The molecule has 0 bridgehead atoms. The summed E-state index contributed by atoms with van der Waals surface area (Å²) in [5, 5.41) is 15.6. The minimum Gasteiger partial charge on any atom is -0.497 e. The monoisotopic (exact) mass is 619 g/mol. The molecule has 10 nitrogen and oxygen atoms in total. The molecule has 0 fully saturated rings. The van der Waals surface area contributed by atoms with Crippen molar-refractivity contribution in [3.8, 4) is 11.4 Å². The molecule has 2 aromatic heterocycles. The first-order chi connectivity index (χ1) is 20.9. The number of benzene rings is 2. The molecule has 0 unspecified atom stereocenters. The number of aromatic nitrogens is 3. The van der Waals surface area contributed by atoms with Crippen LogP contribution < -0.4 is 15.4 Å². The van der Waals surface area contributed by atoms with E-state index in [9.17, 15) is 14.4 Å². The molecule has 43 heavy (non-hydrogen) atoms. The summed E-state index contributed by atoms with van der Waals surface area (Å²) in [5.74, 6) is 0.211. The molecule has 1 aliphatic carbocycles. The van der Waals surface area contributed by atoms with Gasteiger partial charge in [0.25, 0.3) is 5.91 Å². The van der Waals surface area contributed by atoms with Gasteiger partial charge in [0.2, 0.25) is 5.91 Å². The van der Waals surface area contributed by atoms with Crippen LogP contribution >= 0.6 is 23.1 Å². The number of nitrogens with one attached hydrogen (secondary N) is 2. The second kappa shape index (κ2) is 13.9. The highest BCUT2D eigenvalue weighted by Gasteiger charge is 2.27. The average molecular weight is 620 g/mol. The number of methoxy groups -OCH3 is 1. The number of ether oxygens (including phenoxy) is 2. The van der Waals surface area contributed by atoms with E-state index in [0.29, 0.717) is 32.9 Å². The van der Waals surface area contributed by atoms with Crippen LogP contribution in [0.4, 0.5) is 5.00 Å². The Kier molecular flexibility index (Phi) is 9.78. The Morgan fingerprint density at radius 2 is 1.88 bits per heavy atom. The lowest BCUT2D eigenvalue weighted by atomic mass is 9.95. The summed E-state index contributed by atoms with van der Waals surface area (Å²) in [6.07, 6.45) is 3.78. The van der Waals surface area contributed by atoms with Crippen LogP contribution in [0, 0.1) is 6.92 Å². The number of thiophene rings is 1. The Labute approximate surface area is 258 Å². The van der Waals surface area contributed by atoms with Gasteiger partial charge in [-0.2, -0.15) is 0 Å². The first-order valence-electron chi connectivity index (χ1n) is 14.1. The molecule has 4 aromatic rings. The normalized spacial score (nSPS) is 12.3. The van der Waals surface area contributed by atoms with E-state index in [-0.39, 0.29) is 30.7 Å². The smallest absolute Gasteiger partial charge is 0.341 e. The molecule has 0 spiro atoms. The largest absolute Gasteiger partial charge is 0.497 e. The summed E-state index contributed by atoms with van der Waals surface area (Å²) >= 11 is 2.69. The van der Waals surface area contributed by atoms with Crippen LogP contribution in [0.1, 0.15) is 62.3 Å². The molecule has 12 heteroatoms. The van der Waals surface area contributed by atoms with Crippen LogP contribution in [0.25, 0.3) is 5.69 Å². The van der Waals surface area contributed by atoms with Gasteiger partial charge in [0, 0.05) is 16.1 Å². The van der Waals surface area contributed by atoms with Gasteiger partial charge in [-0.15, -0.1) is 21.5 Å². The van der Waals surface area contributed by atoms with Gasteiger partial charge >= 0.3 is 5.97 Å². The summed E-state index contributed by atoms with van der Waals surface area (Å²) in [6.45, 7) is 4.14. The van der Waals surface area contributed by atoms with Gasteiger partial charge < -0.3 is 20.1 Å². The van der Waals surface area contributed by atoms with Gasteiger partial charge in [0.15, 0.2) is 11.0 Å². The number of carbonyl (C=O) groups excluding carboxylic acids is 3. The molecule has 2 aromatic carbocycles. The lowest BCUT2D eigenvalue weighted by Crippen LogP contribution is -2.24. The zero-order valence-corrected chi connectivity index (χ0v) is 25.9. The Balaban J connectivity index is 1.33. The molecule has 0 atom stereocenters. The summed E-state index contributed by atoms with van der Waals surface area (Å²) < 4.78 is 12.4. The van der Waals surface area contributed by atoms with Crippen molar-refractivity contribution in [2.75, 3.05) is 24.8 Å². The molecular weight excluding hydrogens is 587 g/mol. The first kappa shape index (κ1) is 30.3. The predicted octanol–water partition coefficient (Wildman–Crippen LogP) is 5.36. The van der Waals surface area contributed by atoms with Crippen LogP contribution in [-0.2, 0) is 28.9 Å². The van der Waals surface area contributed by atoms with Crippen LogP contribution in [-0.4, -0.2) is 52.0 Å². The number of hydrogen-bond donors (Lipinski definition) is 2. The number of carbonyl (C=O) groups is 3. The molecule has 0 radical (unpaired) electrons. The van der Waals surface area contributed by atoms with Gasteiger partial charge in [-0.25, -0.2) is 4.79 Å². The van der Waals surface area contributed by atoms with Crippen molar-refractivity contribution < 1.29 is 23.9 Å². The van der Waals surface area contributed by atoms with Crippen molar-refractivity contribution in [3.05, 3.63) is 81.5 Å². The number of thioether (sulfide) groups is 1. The molecule has 2 heterocycles. The minimum atomic E-state index is -0.398. The second-order valence-electron chi connectivity index (χ2n) is 9.96. The highest BCUT2D eigenvalue weighted by atomic mass is 32.2. The fourth-order valence-corrected chi connectivity index (χ4v) is 6.99. The number of aryl methyl sites for hydroxylation is 2. The third-order valence-corrected chi connectivity index (χ3v) is 9.07.